The van der Waals surface area contributed by atoms with E-state index in [1.807, 2.05) is 45.2 Å². The number of halogens is 4. The average molecular weight is 1500 g/mol. The number of hydrogen-bond acceptors (Lipinski definition) is 13. The van der Waals surface area contributed by atoms with Crippen molar-refractivity contribution in [3.63, 3.8) is 0 Å². The minimum absolute atomic E-state index is 0. The van der Waals surface area contributed by atoms with Crippen LogP contribution in [-0.2, 0) is 41.5 Å². The molecule has 21 nitrogen and oxygen atoms in total. The minimum Gasteiger partial charge on any atom is -0.497 e. The lowest BCUT2D eigenvalue weighted by Crippen LogP contribution is -2.42. The van der Waals surface area contributed by atoms with Crippen LogP contribution in [0.3, 0.4) is 0 Å². The molecular formula is C68H70F2I2N10O11. The number of ether oxygens (including phenoxy) is 3. The van der Waals surface area contributed by atoms with Crippen LogP contribution in [0.25, 0.3) is 33.3 Å². The highest BCUT2D eigenvalue weighted by atomic mass is 127. The molecule has 4 N–H and O–H groups in total. The molecule has 1 saturated heterocycles. The molecule has 93 heavy (non-hydrogen) atoms. The number of aryl methyl sites for hydroxylation is 2. The lowest BCUT2D eigenvalue weighted by Gasteiger charge is -2.21. The zero-order valence-corrected chi connectivity index (χ0v) is 54.9. The maximum atomic E-state index is 15.5. The third kappa shape index (κ3) is 15.5. The number of amides is 2. The molecule has 0 unspecified atom stereocenters. The van der Waals surface area contributed by atoms with Crippen LogP contribution in [0.1, 0.15) is 63.8 Å². The molecule has 4 aromatic heterocycles. The number of carbonyl (C=O) groups is 2. The first-order chi connectivity index (χ1) is 43.5. The van der Waals surface area contributed by atoms with Crippen molar-refractivity contribution in [2.45, 2.75) is 68.5 Å². The lowest BCUT2D eigenvalue weighted by molar-refractivity contribution is -0.115. The molecule has 6 aromatic carbocycles. The van der Waals surface area contributed by atoms with Crippen molar-refractivity contribution in [1.29, 1.82) is 0 Å². The molecule has 0 spiro atoms. The molecule has 1 aliphatic rings. The molecule has 2 amide bonds. The van der Waals surface area contributed by atoms with Gasteiger partial charge in [0.05, 0.1) is 55.6 Å². The molecule has 0 aliphatic carbocycles. The number of carbonyl (C=O) groups excluding carboxylic acids is 2. The van der Waals surface area contributed by atoms with E-state index >= 15 is 4.39 Å². The second-order valence-corrected chi connectivity index (χ2v) is 23.6. The van der Waals surface area contributed by atoms with Crippen molar-refractivity contribution >= 4 is 113 Å². The van der Waals surface area contributed by atoms with E-state index < -0.39 is 45.3 Å². The largest absolute Gasteiger partial charge is 0.497 e. The summed E-state index contributed by atoms with van der Waals surface area (Å²) in [5.74, 6) is -0.623. The fourth-order valence-electron chi connectivity index (χ4n) is 10.4. The topological polar surface area (TPSA) is 242 Å². The molecule has 0 radical (unpaired) electrons. The Morgan fingerprint density at radius 1 is 0.559 bits per heavy atom. The Morgan fingerprint density at radius 2 is 1.05 bits per heavy atom. The van der Waals surface area contributed by atoms with Crippen LogP contribution in [0.15, 0.2) is 162 Å². The van der Waals surface area contributed by atoms with Crippen molar-refractivity contribution in [2.24, 2.45) is 14.1 Å². The Morgan fingerprint density at radius 3 is 1.57 bits per heavy atom. The van der Waals surface area contributed by atoms with Crippen LogP contribution in [0, 0.1) is 32.6 Å². The standard InChI is InChI=1S/2C31H27FIN5O5.C4H8O.2CH4/c1-17-27-26(28(36(3)29(17)40)35-25-13-10-20(33)14-24(25)32)30(41)37(16-19-8-11-23(43-4)12-9-19)31(42)38(27)22-7-5-6-21(15-22)34-18(2)39;1-17-27(35-22-7-5-6-21(15-22)34-18(2)39)26-28(36(3)29(17)40)38(25-13-10-20(33)14-24(25)32)31(42)37(30(26)41)16-19-8-11-23(43-4)12-9-19;1-2-4-5-3-1;;/h2*5-15,35H,16H2,1-4H3,(H,34,39);1-4H2;2*1H4. The number of pyridine rings is 2. The average Bonchev–Trinajstić information content (AvgIpc) is 0.969. The highest BCUT2D eigenvalue weighted by molar-refractivity contribution is 14.1. The first-order valence-electron chi connectivity index (χ1n) is 28.3. The molecule has 1 fully saturated rings. The van der Waals surface area contributed by atoms with Gasteiger partial charge in [-0.15, -0.1) is 0 Å². The van der Waals surface area contributed by atoms with Crippen LogP contribution in [-0.4, -0.2) is 66.7 Å². The summed E-state index contributed by atoms with van der Waals surface area (Å²) in [7, 11) is 5.98. The van der Waals surface area contributed by atoms with Crippen LogP contribution in [0.2, 0.25) is 0 Å². The van der Waals surface area contributed by atoms with Crippen LogP contribution in [0.4, 0.5) is 43.0 Å². The molecule has 1 aliphatic heterocycles. The van der Waals surface area contributed by atoms with Gasteiger partial charge in [-0.25, -0.2) is 22.9 Å². The van der Waals surface area contributed by atoms with Crippen LogP contribution >= 0.6 is 45.2 Å². The second-order valence-electron chi connectivity index (χ2n) is 21.1. The highest BCUT2D eigenvalue weighted by Gasteiger charge is 2.27. The molecular weight excluding hydrogens is 1420 g/mol. The second kappa shape index (κ2) is 30.8. The van der Waals surface area contributed by atoms with Gasteiger partial charge in [0.2, 0.25) is 11.8 Å². The van der Waals surface area contributed by atoms with E-state index in [1.54, 1.807) is 116 Å². The van der Waals surface area contributed by atoms with Gasteiger partial charge in [-0.1, -0.05) is 51.3 Å². The number of methoxy groups -OCH3 is 2. The number of benzene rings is 6. The molecule has 5 heterocycles. The number of nitrogens with one attached hydrogen (secondary N) is 4. The van der Waals surface area contributed by atoms with Crippen molar-refractivity contribution in [3.05, 3.63) is 237 Å². The van der Waals surface area contributed by atoms with E-state index in [0.717, 1.165) is 26.9 Å². The Hall–Kier alpha value is -9.48. The molecule has 0 saturated carbocycles. The van der Waals surface area contributed by atoms with Gasteiger partial charge in [-0.3, -0.25) is 51.6 Å². The molecule has 25 heteroatoms. The smallest absolute Gasteiger partial charge is 0.337 e. The molecule has 486 valence electrons. The van der Waals surface area contributed by atoms with Crippen molar-refractivity contribution < 1.29 is 32.6 Å². The number of fused-ring (bicyclic) bond motifs is 2. The summed E-state index contributed by atoms with van der Waals surface area (Å²) in [4.78, 5) is 107. The van der Waals surface area contributed by atoms with E-state index in [9.17, 15) is 42.7 Å². The predicted molar refractivity (Wildman–Crippen MR) is 379 cm³/mol. The van der Waals surface area contributed by atoms with Gasteiger partial charge < -0.3 is 35.5 Å². The van der Waals surface area contributed by atoms with Crippen LogP contribution < -0.4 is 64.4 Å². The monoisotopic (exact) mass is 1490 g/mol. The molecule has 11 rings (SSSR count). The van der Waals surface area contributed by atoms with Crippen LogP contribution in [0.5, 0.6) is 11.5 Å². The van der Waals surface area contributed by atoms with Gasteiger partial charge in [-0.05, 0) is 180 Å². The summed E-state index contributed by atoms with van der Waals surface area (Å²) in [5, 5.41) is 11.5. The number of anilines is 6. The molecule has 0 bridgehead atoms. The third-order valence-electron chi connectivity index (χ3n) is 14.8. The zero-order chi connectivity index (χ0) is 65.5. The SMILES string of the molecule is C.C.C1CCOC1.COc1ccc(Cn2c(=O)c3c(Nc4ccc(I)cc4F)n(C)c(=O)c(C)c3n(-c3cccc(NC(C)=O)c3)c2=O)cc1.COc1ccc(Cn2c(=O)c3c(Nc4cccc(NC(C)=O)c4)c(C)c(=O)n(C)c3n(-c3ccc(I)cc3F)c2=O)cc1. The van der Waals surface area contributed by atoms with Gasteiger partial charge in [0.15, 0.2) is 0 Å². The van der Waals surface area contributed by atoms with Gasteiger partial charge in [0.1, 0.15) is 45.4 Å². The van der Waals surface area contributed by atoms with Gasteiger partial charge in [0, 0.05) is 76.5 Å². The fraction of sp³-hybridized carbons (Fsp3) is 0.235. The van der Waals surface area contributed by atoms with Gasteiger partial charge >= 0.3 is 11.4 Å². The molecule has 0 atom stereocenters. The Bertz CT molecular complexity index is 4860. The Balaban J connectivity index is 0.000000240. The summed E-state index contributed by atoms with van der Waals surface area (Å²) in [6, 6.07) is 35.9. The van der Waals surface area contributed by atoms with E-state index in [4.69, 9.17) is 14.2 Å². The maximum Gasteiger partial charge on any atom is 0.337 e. The summed E-state index contributed by atoms with van der Waals surface area (Å²) >= 11 is 3.94. The van der Waals surface area contributed by atoms with Gasteiger partial charge in [-0.2, -0.15) is 0 Å². The van der Waals surface area contributed by atoms with E-state index in [0.29, 0.717) is 52.5 Å². The normalized spacial score (nSPS) is 11.5. The summed E-state index contributed by atoms with van der Waals surface area (Å²) in [5.41, 5.74) is -0.402. The minimum atomic E-state index is -0.814. The lowest BCUT2D eigenvalue weighted by atomic mass is 10.1. The number of rotatable bonds is 14. The van der Waals surface area contributed by atoms with Crippen molar-refractivity contribution in [1.82, 2.24) is 27.4 Å². The summed E-state index contributed by atoms with van der Waals surface area (Å²) in [6.07, 6.45) is 2.56. The number of aromatic nitrogens is 6. The van der Waals surface area contributed by atoms with E-state index in [1.165, 1.54) is 99.9 Å². The Kier molecular flexibility index (Phi) is 23.5. The van der Waals surface area contributed by atoms with Crippen molar-refractivity contribution in [2.75, 3.05) is 48.7 Å². The first kappa shape index (κ1) is 71.0. The Labute approximate surface area is 560 Å². The van der Waals surface area contributed by atoms with E-state index in [-0.39, 0.29) is 95.7 Å². The number of nitrogens with zero attached hydrogens (tertiary/aromatic N) is 6. The predicted octanol–water partition coefficient (Wildman–Crippen LogP) is 11.4. The number of hydrogen-bond donors (Lipinski definition) is 4. The quantitative estimate of drug-likeness (QED) is 0.0742. The highest BCUT2D eigenvalue weighted by Crippen LogP contribution is 2.31. The summed E-state index contributed by atoms with van der Waals surface area (Å²) in [6.45, 7) is 7.62. The maximum absolute atomic E-state index is 15.5. The summed E-state index contributed by atoms with van der Waals surface area (Å²) < 4.78 is 54.0. The van der Waals surface area contributed by atoms with E-state index in [2.05, 4.69) is 21.3 Å². The van der Waals surface area contributed by atoms with Crippen molar-refractivity contribution in [3.8, 4) is 22.9 Å². The first-order valence-corrected chi connectivity index (χ1v) is 30.5. The van der Waals surface area contributed by atoms with Gasteiger partial charge in [0.25, 0.3) is 22.2 Å². The third-order valence-corrected chi connectivity index (χ3v) is 16.2. The fourth-order valence-corrected chi connectivity index (χ4v) is 11.3. The zero-order valence-electron chi connectivity index (χ0n) is 50.6. The molecule has 10 aromatic rings.